The predicted molar refractivity (Wildman–Crippen MR) is 137 cm³/mol. The van der Waals surface area contributed by atoms with E-state index < -0.39 is 35.0 Å². The minimum absolute atomic E-state index is 0.109. The van der Waals surface area contributed by atoms with Crippen LogP contribution in [0.4, 0.5) is 5.69 Å². The van der Waals surface area contributed by atoms with Crippen LogP contribution in [0.3, 0.4) is 0 Å². The summed E-state index contributed by atoms with van der Waals surface area (Å²) in [4.78, 5) is 43.9. The summed E-state index contributed by atoms with van der Waals surface area (Å²) < 4.78 is 11.8. The minimum atomic E-state index is -1.21. The molecule has 2 bridgehead atoms. The van der Waals surface area contributed by atoms with E-state index >= 15 is 0 Å². The maximum Gasteiger partial charge on any atom is 0.310 e. The molecule has 9 nitrogen and oxygen atoms in total. The Bertz CT molecular complexity index is 1040. The first-order chi connectivity index (χ1) is 17.7. The fourth-order valence-corrected chi connectivity index (χ4v) is 6.74. The van der Waals surface area contributed by atoms with Crippen LogP contribution in [0.2, 0.25) is 0 Å². The molecule has 0 saturated carbocycles. The molecule has 3 fully saturated rings. The molecule has 9 heteroatoms. The van der Waals surface area contributed by atoms with Crippen molar-refractivity contribution < 1.29 is 34.1 Å². The largest absolute Gasteiger partial charge is 0.497 e. The van der Waals surface area contributed by atoms with Crippen LogP contribution in [0.1, 0.15) is 46.0 Å². The molecule has 6 atom stereocenters. The number of unbranched alkanes of at least 4 members (excludes halogenated alkanes) is 3. The quantitative estimate of drug-likeness (QED) is 0.325. The summed E-state index contributed by atoms with van der Waals surface area (Å²) in [5, 5.41) is 19.3. The Morgan fingerprint density at radius 1 is 1.24 bits per heavy atom. The average Bonchev–Trinajstić information content (AvgIpc) is 3.39. The number of aliphatic hydroxyl groups is 1. The summed E-state index contributed by atoms with van der Waals surface area (Å²) in [6.07, 6.45) is 4.98. The lowest BCUT2D eigenvalue weighted by Gasteiger charge is -2.37. The normalized spacial score (nSPS) is 31.9. The number of nitrogens with zero attached hydrogens (tertiary/aromatic N) is 2. The zero-order chi connectivity index (χ0) is 27.0. The Hall–Kier alpha value is -2.91. The lowest BCUT2D eigenvalue weighted by atomic mass is 9.62. The van der Waals surface area contributed by atoms with Crippen molar-refractivity contribution in [2.75, 3.05) is 31.7 Å². The van der Waals surface area contributed by atoms with Gasteiger partial charge in [0.2, 0.25) is 5.91 Å². The molecule has 4 rings (SSSR count). The maximum absolute atomic E-state index is 14.4. The predicted octanol–water partition coefficient (Wildman–Crippen LogP) is 2.86. The monoisotopic (exact) mass is 514 g/mol. The van der Waals surface area contributed by atoms with Gasteiger partial charge in [-0.3, -0.25) is 14.4 Å². The van der Waals surface area contributed by atoms with E-state index in [0.717, 1.165) is 12.8 Å². The Labute approximate surface area is 218 Å². The average molecular weight is 515 g/mol. The Morgan fingerprint density at radius 3 is 2.51 bits per heavy atom. The van der Waals surface area contributed by atoms with Crippen LogP contribution in [0.25, 0.3) is 0 Å². The molecule has 2 amide bonds. The highest BCUT2D eigenvalue weighted by molar-refractivity contribution is 6.04. The number of hydrogen-bond donors (Lipinski definition) is 2. The highest BCUT2D eigenvalue weighted by Crippen LogP contribution is 2.65. The van der Waals surface area contributed by atoms with Crippen molar-refractivity contribution in [3.8, 4) is 5.75 Å². The number of carbonyl (C=O) groups excluding carboxylic acids is 2. The van der Waals surface area contributed by atoms with Gasteiger partial charge in [0.05, 0.1) is 18.6 Å². The van der Waals surface area contributed by atoms with Gasteiger partial charge in [-0.05, 0) is 56.4 Å². The first-order valence-electron chi connectivity index (χ1n) is 13.1. The summed E-state index contributed by atoms with van der Waals surface area (Å²) in [5.41, 5.74) is -1.61. The number of aliphatic hydroxyl groups excluding tert-OH is 1. The molecule has 0 aliphatic carbocycles. The second-order valence-electron chi connectivity index (χ2n) is 10.6. The molecule has 1 aromatic carbocycles. The van der Waals surface area contributed by atoms with E-state index in [1.54, 1.807) is 54.2 Å². The molecule has 37 heavy (non-hydrogen) atoms. The molecule has 0 radical (unpaired) electrons. The number of aliphatic carboxylic acids is 1. The van der Waals surface area contributed by atoms with Crippen molar-refractivity contribution in [3.63, 3.8) is 0 Å². The van der Waals surface area contributed by atoms with Gasteiger partial charge in [0.25, 0.3) is 5.91 Å². The number of carboxylic acid groups (broad SMARTS) is 1. The van der Waals surface area contributed by atoms with Gasteiger partial charge in [-0.15, -0.1) is 6.58 Å². The van der Waals surface area contributed by atoms with Crippen molar-refractivity contribution >= 4 is 23.5 Å². The summed E-state index contributed by atoms with van der Waals surface area (Å²) in [6, 6.07) is 6.14. The third-order valence-electron chi connectivity index (χ3n) is 8.58. The summed E-state index contributed by atoms with van der Waals surface area (Å²) in [5.74, 6) is -3.12. The molecule has 202 valence electrons. The fraction of sp³-hybridized carbons (Fsp3) is 0.607. The first-order valence-corrected chi connectivity index (χ1v) is 13.1. The van der Waals surface area contributed by atoms with Crippen LogP contribution in [-0.2, 0) is 19.1 Å². The van der Waals surface area contributed by atoms with Crippen LogP contribution < -0.4 is 9.64 Å². The summed E-state index contributed by atoms with van der Waals surface area (Å²) >= 11 is 0. The summed E-state index contributed by atoms with van der Waals surface area (Å²) in [6.45, 7) is 8.18. The van der Waals surface area contributed by atoms with Crippen molar-refractivity contribution in [1.82, 2.24) is 4.90 Å². The van der Waals surface area contributed by atoms with E-state index in [9.17, 15) is 19.5 Å². The second kappa shape index (κ2) is 10.5. The topological polar surface area (TPSA) is 117 Å². The number of hydrogen-bond acceptors (Lipinski definition) is 6. The number of amides is 2. The maximum atomic E-state index is 14.4. The van der Waals surface area contributed by atoms with Gasteiger partial charge in [-0.25, -0.2) is 0 Å². The Kier molecular flexibility index (Phi) is 7.67. The Morgan fingerprint density at radius 2 is 1.92 bits per heavy atom. The van der Waals surface area contributed by atoms with Crippen LogP contribution in [0.15, 0.2) is 36.9 Å². The first kappa shape index (κ1) is 27.1. The molecular weight excluding hydrogens is 476 g/mol. The van der Waals surface area contributed by atoms with Gasteiger partial charge in [0.1, 0.15) is 23.3 Å². The SMILES string of the molecule is C=CCN(C(=O)C1N(CCCCCCO)C(=O)[C@@H]2[C@H](C(=O)O)[C@@]3(C)OC12CC3C)c1ccc(OC)cc1. The molecule has 1 aromatic rings. The second-order valence-corrected chi connectivity index (χ2v) is 10.6. The molecule has 3 aliphatic heterocycles. The summed E-state index contributed by atoms with van der Waals surface area (Å²) in [7, 11) is 1.57. The third kappa shape index (κ3) is 4.32. The van der Waals surface area contributed by atoms with E-state index in [1.165, 1.54) is 0 Å². The number of fused-ring (bicyclic) bond motifs is 1. The zero-order valence-corrected chi connectivity index (χ0v) is 21.9. The van der Waals surface area contributed by atoms with Crippen LogP contribution in [0.5, 0.6) is 5.75 Å². The zero-order valence-electron chi connectivity index (χ0n) is 21.9. The van der Waals surface area contributed by atoms with Crippen LogP contribution in [0, 0.1) is 17.8 Å². The molecule has 3 unspecified atom stereocenters. The van der Waals surface area contributed by atoms with E-state index in [4.69, 9.17) is 14.6 Å². The number of carboxylic acids is 1. The van der Waals surface area contributed by atoms with E-state index in [0.29, 0.717) is 37.2 Å². The van der Waals surface area contributed by atoms with Gasteiger partial charge < -0.3 is 29.5 Å². The number of likely N-dealkylation sites (tertiary alicyclic amines) is 1. The van der Waals surface area contributed by atoms with Crippen molar-refractivity contribution in [2.24, 2.45) is 17.8 Å². The standard InChI is InChI=1S/C28H38N2O7/c1-5-14-29(19-10-12-20(36-4)13-11-19)25(33)23-28-17-18(2)27(3,37-28)22(26(34)35)21(28)24(32)30(23)15-8-6-7-9-16-31/h5,10-13,18,21-23,31H,1,6-9,14-17H2,2-4H3,(H,34,35)/t18?,21-,22+,23?,27-,28?/m0/s1. The molecule has 1 spiro atoms. The highest BCUT2D eigenvalue weighted by Gasteiger charge is 2.80. The fourth-order valence-electron chi connectivity index (χ4n) is 6.74. The van der Waals surface area contributed by atoms with Gasteiger partial charge in [-0.2, -0.15) is 0 Å². The van der Waals surface area contributed by atoms with E-state index in [-0.39, 0.29) is 30.9 Å². The number of rotatable bonds is 12. The number of ether oxygens (including phenoxy) is 2. The van der Waals surface area contributed by atoms with Gasteiger partial charge >= 0.3 is 5.97 Å². The van der Waals surface area contributed by atoms with Gasteiger partial charge in [-0.1, -0.05) is 25.8 Å². The van der Waals surface area contributed by atoms with E-state index in [2.05, 4.69) is 6.58 Å². The number of methoxy groups -OCH3 is 1. The van der Waals surface area contributed by atoms with Crippen molar-refractivity contribution in [2.45, 2.75) is 63.2 Å². The number of carbonyl (C=O) groups is 3. The van der Waals surface area contributed by atoms with Crippen molar-refractivity contribution in [3.05, 3.63) is 36.9 Å². The Balaban J connectivity index is 1.74. The van der Waals surface area contributed by atoms with Gasteiger partial charge in [0, 0.05) is 25.4 Å². The third-order valence-corrected chi connectivity index (χ3v) is 8.58. The number of benzene rings is 1. The molecule has 3 heterocycles. The van der Waals surface area contributed by atoms with Crippen LogP contribution >= 0.6 is 0 Å². The number of anilines is 1. The highest BCUT2D eigenvalue weighted by atomic mass is 16.5. The molecule has 3 aliphatic rings. The molecular formula is C28H38N2O7. The van der Waals surface area contributed by atoms with Crippen LogP contribution in [-0.4, -0.2) is 76.9 Å². The van der Waals surface area contributed by atoms with Gasteiger partial charge in [0.15, 0.2) is 0 Å². The molecule has 3 saturated heterocycles. The minimum Gasteiger partial charge on any atom is -0.497 e. The van der Waals surface area contributed by atoms with Crippen molar-refractivity contribution in [1.29, 1.82) is 0 Å². The van der Waals surface area contributed by atoms with E-state index in [1.807, 2.05) is 6.92 Å². The lowest BCUT2D eigenvalue weighted by molar-refractivity contribution is -0.156. The molecule has 2 N–H and O–H groups in total. The molecule has 0 aromatic heterocycles. The lowest BCUT2D eigenvalue weighted by Crippen LogP contribution is -2.56. The smallest absolute Gasteiger partial charge is 0.310 e.